The average molecular weight is 1310 g/mol. The molecular weight excluding hydrogens is 1200 g/mol. The second-order valence-electron chi connectivity index (χ2n) is 29.8. The standard InChI is InChI=1S/C63H100O28/c1-12-14-34(66)84-33-22-61(11)60(10)19-15-29-58(7,8)32(17-18-59(29,9)30(60)16-20-62(61)31-21-57(5,6)48(76)49(63(31,33)56(80)91-62)90-51(79)25(3)13-2)85-55-47(89-53-42(74)39(71)36(68)27(23-64)82-53)44(43(75)45(87-55)50(77)78)86-54-46(40(72)37(69)28(24-65)83-54)88-52-41(73)38(70)35(67)26(4)81-52/h13,26-33,35-49,52-56,64-65,67-76,80H,12,14-24H2,1-11H3,(H,77,78)/b25-13+/t26-,27-,28-,29+,30+,31-,32-,33+,35-,36+,37+,38-,39-,40+,41+,42-,43-,44+,45-,46+,47+,48+,49+,52+,53+,54-,55-,56+,59-,60-,61+,62-,63+/m1/s1. The van der Waals surface area contributed by atoms with E-state index in [0.717, 1.165) is 0 Å². The highest BCUT2D eigenvalue weighted by Gasteiger charge is 2.86. The summed E-state index contributed by atoms with van der Waals surface area (Å²) in [5, 5.41) is 157. The zero-order valence-electron chi connectivity index (χ0n) is 53.7. The van der Waals surface area contributed by atoms with Gasteiger partial charge in [-0.25, -0.2) is 9.59 Å². The van der Waals surface area contributed by atoms with Gasteiger partial charge < -0.3 is 124 Å². The third-order valence-corrected chi connectivity index (χ3v) is 24.5. The van der Waals surface area contributed by atoms with Gasteiger partial charge in [-0.3, -0.25) is 4.79 Å². The molecule has 5 saturated carbocycles. The second kappa shape index (κ2) is 25.6. The minimum Gasteiger partial charge on any atom is -0.479 e. The number of esters is 2. The molecule has 1 spiro atoms. The van der Waals surface area contributed by atoms with Crippen LogP contribution in [0.1, 0.15) is 140 Å². The van der Waals surface area contributed by atoms with Gasteiger partial charge in [0.25, 0.3) is 0 Å². The molecule has 0 radical (unpaired) electrons. The summed E-state index contributed by atoms with van der Waals surface area (Å²) in [7, 11) is 0. The quantitative estimate of drug-likeness (QED) is 0.0495. The van der Waals surface area contributed by atoms with Gasteiger partial charge in [-0.2, -0.15) is 0 Å². The molecular formula is C63H100O28. The number of carboxylic acids is 1. The lowest BCUT2D eigenvalue weighted by atomic mass is 9.30. The number of aliphatic hydroxyl groups excluding tert-OH is 13. The van der Waals surface area contributed by atoms with Gasteiger partial charge in [-0.15, -0.1) is 0 Å². The first-order valence-corrected chi connectivity index (χ1v) is 32.4. The monoisotopic (exact) mass is 1300 g/mol. The van der Waals surface area contributed by atoms with Gasteiger partial charge in [-0.05, 0) is 112 Å². The van der Waals surface area contributed by atoms with Gasteiger partial charge in [0, 0.05) is 23.3 Å². The zero-order valence-corrected chi connectivity index (χ0v) is 53.7. The lowest BCUT2D eigenvalue weighted by Gasteiger charge is -2.75. The first-order chi connectivity index (χ1) is 42.5. The first-order valence-electron chi connectivity index (χ1n) is 32.4. The van der Waals surface area contributed by atoms with E-state index in [1.807, 2.05) is 34.6 Å². The number of hydrogen-bond acceptors (Lipinski definition) is 27. The van der Waals surface area contributed by atoms with E-state index in [9.17, 15) is 85.9 Å². The van der Waals surface area contributed by atoms with Crippen LogP contribution in [-0.4, -0.2) is 262 Å². The van der Waals surface area contributed by atoms with E-state index in [4.69, 9.17) is 52.1 Å². The van der Waals surface area contributed by atoms with E-state index < -0.39 is 229 Å². The maximum absolute atomic E-state index is 14.0. The van der Waals surface area contributed by atoms with Crippen LogP contribution < -0.4 is 0 Å². The summed E-state index contributed by atoms with van der Waals surface area (Å²) in [6.45, 7) is 19.2. The Bertz CT molecular complexity index is 2660. The van der Waals surface area contributed by atoms with Crippen molar-refractivity contribution in [3.63, 3.8) is 0 Å². The highest BCUT2D eigenvalue weighted by molar-refractivity contribution is 5.87. The molecule has 0 aromatic rings. The summed E-state index contributed by atoms with van der Waals surface area (Å²) in [5.74, 6) is -3.73. The second-order valence-corrected chi connectivity index (χ2v) is 29.8. The topological polar surface area (TPSA) is 436 Å². The van der Waals surface area contributed by atoms with E-state index in [0.29, 0.717) is 50.5 Å². The summed E-state index contributed by atoms with van der Waals surface area (Å²) >= 11 is 0. The first kappa shape index (κ1) is 71.1. The van der Waals surface area contributed by atoms with E-state index in [2.05, 4.69) is 20.8 Å². The predicted octanol–water partition coefficient (Wildman–Crippen LogP) is -1.10. The van der Waals surface area contributed by atoms with Crippen LogP contribution in [0.4, 0.5) is 0 Å². The van der Waals surface area contributed by atoms with Crippen molar-refractivity contribution in [2.75, 3.05) is 13.2 Å². The molecule has 10 rings (SSSR count). The zero-order chi connectivity index (χ0) is 66.9. The normalized spacial score (nSPS) is 52.6. The van der Waals surface area contributed by atoms with Crippen molar-refractivity contribution in [1.29, 1.82) is 0 Å². The fourth-order valence-corrected chi connectivity index (χ4v) is 19.2. The van der Waals surface area contributed by atoms with Crippen molar-refractivity contribution in [1.82, 2.24) is 0 Å². The molecule has 5 aliphatic heterocycles. The van der Waals surface area contributed by atoms with Crippen molar-refractivity contribution in [2.45, 2.75) is 299 Å². The Morgan fingerprint density at radius 1 is 0.582 bits per heavy atom. The highest BCUT2D eigenvalue weighted by Crippen LogP contribution is 2.82. The third kappa shape index (κ3) is 11.1. The summed E-state index contributed by atoms with van der Waals surface area (Å²) in [6, 6.07) is 0. The van der Waals surface area contributed by atoms with Crippen LogP contribution >= 0.6 is 0 Å². The molecule has 0 unspecified atom stereocenters. The van der Waals surface area contributed by atoms with Crippen molar-refractivity contribution in [3.05, 3.63) is 11.6 Å². The molecule has 5 aliphatic carbocycles. The van der Waals surface area contributed by atoms with Crippen molar-refractivity contribution >= 4 is 17.9 Å². The molecule has 520 valence electrons. The SMILES string of the molecule is C/C=C(\C)C(=O)O[C@H]1[C@H](O)C(C)(C)C[C@H]2[C@]13[C@@H](OC(=O)CCC)C[C@@]1(C)[C@]4(C)CC[C@H]5C(C)(C)[C@H](O[C@@H]6O[C@@H](C(=O)O)[C@H](O)[C@H](O[C@H]7O[C@H](CO)[C@H](O)[C@H](O)[C@@H]7O[C@@H]7O[C@H](C)[C@@H](O)[C@@H](O)[C@@H]7O)[C@@H]6O[C@@H]6O[C@H](CO)[C@H](O)[C@@H](O)[C@H]6O)CC[C@@]5(C)[C@@H]4CC[C@@]21O[C@@H]3O. The smallest absolute Gasteiger partial charge is 0.335 e. The Hall–Kier alpha value is -2.73. The highest BCUT2D eigenvalue weighted by atomic mass is 16.8. The lowest BCUT2D eigenvalue weighted by Crippen LogP contribution is -2.77. The number of carbonyl (C=O) groups is 3. The Morgan fingerprint density at radius 2 is 1.15 bits per heavy atom. The molecule has 10 aliphatic rings. The van der Waals surface area contributed by atoms with Gasteiger partial charge in [0.1, 0.15) is 103 Å². The predicted molar refractivity (Wildman–Crippen MR) is 307 cm³/mol. The minimum atomic E-state index is -2.30. The molecule has 33 atom stereocenters. The Kier molecular flexibility index (Phi) is 20.0. The molecule has 0 aromatic heterocycles. The van der Waals surface area contributed by atoms with Gasteiger partial charge >= 0.3 is 17.9 Å². The van der Waals surface area contributed by atoms with Crippen molar-refractivity contribution in [3.8, 4) is 0 Å². The number of aliphatic carboxylic acids is 1. The number of carbonyl (C=O) groups excluding carboxylic acids is 2. The number of fused-ring (bicyclic) bond motifs is 4. The van der Waals surface area contributed by atoms with Crippen molar-refractivity contribution < 1.29 is 138 Å². The van der Waals surface area contributed by atoms with Gasteiger partial charge in [0.2, 0.25) is 0 Å². The minimum absolute atomic E-state index is 0.0694. The number of allylic oxidation sites excluding steroid dienone is 1. The fraction of sp³-hybridized carbons (Fsp3) is 0.921. The van der Waals surface area contributed by atoms with Crippen LogP contribution in [0.15, 0.2) is 11.6 Å². The number of carboxylic acid groups (broad SMARTS) is 1. The molecule has 5 saturated heterocycles. The van der Waals surface area contributed by atoms with Crippen LogP contribution in [0.25, 0.3) is 0 Å². The molecule has 28 nitrogen and oxygen atoms in total. The number of aliphatic hydroxyl groups is 13. The van der Waals surface area contributed by atoms with Gasteiger partial charge in [0.05, 0.1) is 37.1 Å². The lowest BCUT2D eigenvalue weighted by molar-refractivity contribution is -0.406. The molecule has 5 heterocycles. The molecule has 0 amide bonds. The molecule has 14 N–H and O–H groups in total. The summed E-state index contributed by atoms with van der Waals surface area (Å²) in [6.07, 6.45) is -38.7. The van der Waals surface area contributed by atoms with E-state index in [-0.39, 0.29) is 31.1 Å². The molecule has 10 fully saturated rings. The number of rotatable bonds is 16. The van der Waals surface area contributed by atoms with E-state index in [1.165, 1.54) is 6.92 Å². The number of ether oxygens (including phenoxy) is 11. The van der Waals surface area contributed by atoms with Gasteiger partial charge in [-0.1, -0.05) is 61.5 Å². The molecule has 2 bridgehead atoms. The average Bonchev–Trinajstić information content (AvgIpc) is 1.55. The van der Waals surface area contributed by atoms with Gasteiger partial charge in [0.15, 0.2) is 37.6 Å². The maximum atomic E-state index is 14.0. The van der Waals surface area contributed by atoms with E-state index >= 15 is 0 Å². The van der Waals surface area contributed by atoms with Crippen LogP contribution in [0, 0.1) is 50.2 Å². The number of hydrogen-bond donors (Lipinski definition) is 14. The van der Waals surface area contributed by atoms with Crippen LogP contribution in [-0.2, 0) is 66.5 Å². The van der Waals surface area contributed by atoms with E-state index in [1.54, 1.807) is 19.9 Å². The molecule has 91 heavy (non-hydrogen) atoms. The Labute approximate surface area is 528 Å². The summed E-state index contributed by atoms with van der Waals surface area (Å²) < 4.78 is 69.5. The largest absolute Gasteiger partial charge is 0.479 e. The Balaban J connectivity index is 0.992. The fourth-order valence-electron chi connectivity index (χ4n) is 19.2. The summed E-state index contributed by atoms with van der Waals surface area (Å²) in [4.78, 5) is 41.2. The third-order valence-electron chi connectivity index (χ3n) is 24.5. The molecule has 28 heteroatoms. The van der Waals surface area contributed by atoms with Crippen LogP contribution in [0.5, 0.6) is 0 Å². The van der Waals surface area contributed by atoms with Crippen LogP contribution in [0.3, 0.4) is 0 Å². The van der Waals surface area contributed by atoms with Crippen LogP contribution in [0.2, 0.25) is 0 Å². The maximum Gasteiger partial charge on any atom is 0.335 e. The Morgan fingerprint density at radius 3 is 1.77 bits per heavy atom. The van der Waals surface area contributed by atoms with Crippen molar-refractivity contribution in [2.24, 2.45) is 50.2 Å². The summed E-state index contributed by atoms with van der Waals surface area (Å²) in [5.41, 5.74) is -5.99. The molecule has 0 aromatic carbocycles.